The fraction of sp³-hybridized carbons (Fsp3) is 0.120. The molecule has 11 rings (SSSR count). The van der Waals surface area contributed by atoms with Crippen molar-refractivity contribution in [3.8, 4) is 0 Å². The standard InChI is InChI=1S/C50H38N2O/c1-29(2)31-17-19-33-25-46-41(23-35(33)21-31)43-27-38(28-44-42-24-36-22-32(30(3)4)18-20-34(36)26-47(42)52(46)49(43)44)51(37-11-6-5-7-12-37)45-15-10-14-40-39-13-8-9-16-48(39)53-50(40)45/h5-30H,1-4H3. The molecule has 3 heteroatoms. The van der Waals surface area contributed by atoms with Crippen LogP contribution in [0.2, 0.25) is 0 Å². The number of benzene rings is 8. The summed E-state index contributed by atoms with van der Waals surface area (Å²) in [6, 6.07) is 54.0. The molecule has 3 heterocycles. The van der Waals surface area contributed by atoms with Gasteiger partial charge in [-0.05, 0) is 105 Å². The van der Waals surface area contributed by atoms with Gasteiger partial charge in [0.05, 0.1) is 22.2 Å². The van der Waals surface area contributed by atoms with E-state index >= 15 is 0 Å². The zero-order valence-corrected chi connectivity index (χ0v) is 30.3. The van der Waals surface area contributed by atoms with Crippen molar-refractivity contribution in [3.05, 3.63) is 157 Å². The van der Waals surface area contributed by atoms with Crippen LogP contribution in [-0.4, -0.2) is 4.40 Å². The van der Waals surface area contributed by atoms with E-state index in [0.717, 1.165) is 39.0 Å². The van der Waals surface area contributed by atoms with Gasteiger partial charge in [-0.1, -0.05) is 113 Å². The normalized spacial score (nSPS) is 12.5. The molecule has 0 atom stereocenters. The number of nitrogens with zero attached hydrogens (tertiary/aromatic N) is 2. The van der Waals surface area contributed by atoms with E-state index < -0.39 is 0 Å². The van der Waals surface area contributed by atoms with Crippen molar-refractivity contribution in [3.63, 3.8) is 0 Å². The number of hydrogen-bond acceptors (Lipinski definition) is 2. The molecule has 3 aromatic heterocycles. The highest BCUT2D eigenvalue weighted by Gasteiger charge is 2.24. The van der Waals surface area contributed by atoms with Crippen LogP contribution in [0.15, 0.2) is 150 Å². The number of fused-ring (bicyclic) bond motifs is 11. The number of rotatable bonds is 5. The summed E-state index contributed by atoms with van der Waals surface area (Å²) in [6.45, 7) is 9.09. The Labute approximate surface area is 307 Å². The van der Waals surface area contributed by atoms with E-state index in [1.807, 2.05) is 6.07 Å². The summed E-state index contributed by atoms with van der Waals surface area (Å²) in [7, 11) is 0. The van der Waals surface area contributed by atoms with Gasteiger partial charge in [-0.3, -0.25) is 0 Å². The lowest BCUT2D eigenvalue weighted by Crippen LogP contribution is -2.10. The lowest BCUT2D eigenvalue weighted by molar-refractivity contribution is 0.669. The summed E-state index contributed by atoms with van der Waals surface area (Å²) in [5, 5.41) is 12.4. The van der Waals surface area contributed by atoms with Gasteiger partial charge >= 0.3 is 0 Å². The van der Waals surface area contributed by atoms with Gasteiger partial charge in [0, 0.05) is 43.7 Å². The Balaban J connectivity index is 1.29. The molecule has 0 saturated heterocycles. The fourth-order valence-corrected chi connectivity index (χ4v) is 8.81. The molecule has 0 amide bonds. The van der Waals surface area contributed by atoms with Crippen LogP contribution in [0.25, 0.3) is 81.6 Å². The predicted octanol–water partition coefficient (Wildman–Crippen LogP) is 14.8. The Bertz CT molecular complexity index is 3100. The first-order valence-electron chi connectivity index (χ1n) is 18.8. The van der Waals surface area contributed by atoms with Gasteiger partial charge in [-0.2, -0.15) is 0 Å². The third-order valence-corrected chi connectivity index (χ3v) is 11.6. The molecule has 53 heavy (non-hydrogen) atoms. The van der Waals surface area contributed by atoms with E-state index in [0.29, 0.717) is 11.8 Å². The summed E-state index contributed by atoms with van der Waals surface area (Å²) in [5.41, 5.74) is 11.5. The van der Waals surface area contributed by atoms with Crippen molar-refractivity contribution in [1.82, 2.24) is 4.40 Å². The Kier molecular flexibility index (Phi) is 6.34. The molecule has 3 nitrogen and oxygen atoms in total. The second-order valence-electron chi connectivity index (χ2n) is 15.4. The Morgan fingerprint density at radius 3 is 1.66 bits per heavy atom. The lowest BCUT2D eigenvalue weighted by Gasteiger charge is -2.26. The predicted molar refractivity (Wildman–Crippen MR) is 226 cm³/mol. The second kappa shape index (κ2) is 11.1. The molecular weight excluding hydrogens is 645 g/mol. The third-order valence-electron chi connectivity index (χ3n) is 11.6. The van der Waals surface area contributed by atoms with Gasteiger partial charge < -0.3 is 13.7 Å². The topological polar surface area (TPSA) is 20.8 Å². The van der Waals surface area contributed by atoms with Gasteiger partial charge in [0.25, 0.3) is 0 Å². The minimum Gasteiger partial charge on any atom is -0.454 e. The molecule has 0 spiro atoms. The molecule has 0 aliphatic rings. The average Bonchev–Trinajstić information content (AvgIpc) is 3.83. The van der Waals surface area contributed by atoms with E-state index in [4.69, 9.17) is 4.42 Å². The van der Waals surface area contributed by atoms with Crippen molar-refractivity contribution in [2.45, 2.75) is 39.5 Å². The molecule has 0 saturated carbocycles. The molecule has 0 aliphatic heterocycles. The van der Waals surface area contributed by atoms with E-state index in [9.17, 15) is 0 Å². The highest BCUT2D eigenvalue weighted by molar-refractivity contribution is 6.27. The maximum Gasteiger partial charge on any atom is 0.159 e. The minimum absolute atomic E-state index is 0.463. The zero-order chi connectivity index (χ0) is 35.5. The molecule has 11 aromatic rings. The van der Waals surface area contributed by atoms with Crippen molar-refractivity contribution in [2.75, 3.05) is 4.90 Å². The quantitative estimate of drug-likeness (QED) is 0.180. The first-order chi connectivity index (χ1) is 25.9. The highest BCUT2D eigenvalue weighted by Crippen LogP contribution is 2.48. The number of furan rings is 1. The number of hydrogen-bond donors (Lipinski definition) is 0. The largest absolute Gasteiger partial charge is 0.454 e. The summed E-state index contributed by atoms with van der Waals surface area (Å²) in [6.07, 6.45) is 0. The van der Waals surface area contributed by atoms with Crippen LogP contribution in [0.3, 0.4) is 0 Å². The molecular formula is C50H38N2O. The Morgan fingerprint density at radius 1 is 0.453 bits per heavy atom. The van der Waals surface area contributed by atoms with Gasteiger partial charge in [-0.15, -0.1) is 0 Å². The summed E-state index contributed by atoms with van der Waals surface area (Å²) in [4.78, 5) is 2.39. The molecule has 0 bridgehead atoms. The summed E-state index contributed by atoms with van der Waals surface area (Å²) < 4.78 is 9.21. The molecule has 0 N–H and O–H groups in total. The van der Waals surface area contributed by atoms with Crippen LogP contribution in [0.5, 0.6) is 0 Å². The van der Waals surface area contributed by atoms with Gasteiger partial charge in [0.2, 0.25) is 0 Å². The lowest BCUT2D eigenvalue weighted by atomic mass is 9.96. The van der Waals surface area contributed by atoms with Gasteiger partial charge in [0.1, 0.15) is 5.58 Å². The molecule has 0 radical (unpaired) electrons. The first-order valence-corrected chi connectivity index (χ1v) is 18.8. The summed E-state index contributed by atoms with van der Waals surface area (Å²) in [5.74, 6) is 0.926. The van der Waals surface area contributed by atoms with Crippen LogP contribution in [0.1, 0.15) is 50.7 Å². The Morgan fingerprint density at radius 2 is 1.04 bits per heavy atom. The minimum atomic E-state index is 0.463. The van der Waals surface area contributed by atoms with Crippen LogP contribution in [0, 0.1) is 0 Å². The molecule has 0 fully saturated rings. The monoisotopic (exact) mass is 682 g/mol. The van der Waals surface area contributed by atoms with Crippen molar-refractivity contribution in [1.29, 1.82) is 0 Å². The first kappa shape index (κ1) is 30.3. The third kappa shape index (κ3) is 4.40. The molecule has 254 valence electrons. The average molecular weight is 683 g/mol. The summed E-state index contributed by atoms with van der Waals surface area (Å²) >= 11 is 0. The van der Waals surface area contributed by atoms with Crippen LogP contribution >= 0.6 is 0 Å². The van der Waals surface area contributed by atoms with Gasteiger partial charge in [0.15, 0.2) is 5.58 Å². The van der Waals surface area contributed by atoms with Crippen LogP contribution in [-0.2, 0) is 0 Å². The SMILES string of the molecule is CC(C)c1ccc2cc3c(cc2c1)c1cc(N(c2ccccc2)c2cccc4c2oc2ccccc24)cc2c4cc5cc(C(C)C)ccc5cc4n3c12. The molecule has 8 aromatic carbocycles. The molecule has 0 aliphatic carbocycles. The van der Waals surface area contributed by atoms with Crippen LogP contribution < -0.4 is 4.90 Å². The fourth-order valence-electron chi connectivity index (χ4n) is 8.81. The van der Waals surface area contributed by atoms with Gasteiger partial charge in [-0.25, -0.2) is 0 Å². The number of para-hydroxylation sites is 3. The molecule has 0 unspecified atom stereocenters. The zero-order valence-electron chi connectivity index (χ0n) is 30.3. The van der Waals surface area contributed by atoms with Crippen molar-refractivity contribution < 1.29 is 4.42 Å². The van der Waals surface area contributed by atoms with E-state index in [1.54, 1.807) is 0 Å². The van der Waals surface area contributed by atoms with E-state index in [1.165, 1.54) is 70.8 Å². The maximum atomic E-state index is 6.68. The van der Waals surface area contributed by atoms with E-state index in [-0.39, 0.29) is 0 Å². The number of anilines is 3. The Hall–Kier alpha value is -6.32. The highest BCUT2D eigenvalue weighted by atomic mass is 16.3. The van der Waals surface area contributed by atoms with Crippen molar-refractivity contribution >= 4 is 98.6 Å². The maximum absolute atomic E-state index is 6.68. The smallest absolute Gasteiger partial charge is 0.159 e. The number of aromatic nitrogens is 1. The van der Waals surface area contributed by atoms with Crippen LogP contribution in [0.4, 0.5) is 17.1 Å². The van der Waals surface area contributed by atoms with Crippen molar-refractivity contribution in [2.24, 2.45) is 0 Å². The second-order valence-corrected chi connectivity index (χ2v) is 15.4. The van der Waals surface area contributed by atoms with E-state index in [2.05, 4.69) is 177 Å².